The molecule has 0 saturated carbocycles. The van der Waals surface area contributed by atoms with Crippen molar-refractivity contribution in [2.45, 2.75) is 93.8 Å². The fourth-order valence-electron chi connectivity index (χ4n) is 4.72. The smallest absolute Gasteiger partial charge is 0.187 e. The summed E-state index contributed by atoms with van der Waals surface area (Å²) in [6.45, 7) is 5.40. The zero-order chi connectivity index (χ0) is 27.4. The zero-order valence-electron chi connectivity index (χ0n) is 20.8. The molecule has 216 valence electrons. The third-order valence-electron chi connectivity index (χ3n) is 7.33. The van der Waals surface area contributed by atoms with E-state index in [1.54, 1.807) is 13.8 Å². The van der Waals surface area contributed by atoms with E-state index in [-0.39, 0.29) is 25.0 Å². The lowest BCUT2D eigenvalue weighted by molar-refractivity contribution is -0.388. The van der Waals surface area contributed by atoms with Crippen LogP contribution in [-0.2, 0) is 28.4 Å². The predicted octanol–water partition coefficient (Wildman–Crippen LogP) is -3.81. The highest BCUT2D eigenvalue weighted by Crippen LogP contribution is 2.36. The van der Waals surface area contributed by atoms with Gasteiger partial charge in [-0.2, -0.15) is 0 Å². The van der Waals surface area contributed by atoms with Crippen molar-refractivity contribution in [2.75, 3.05) is 26.4 Å². The second-order valence-corrected chi connectivity index (χ2v) is 9.67. The van der Waals surface area contributed by atoms with Gasteiger partial charge in [-0.3, -0.25) is 0 Å². The maximum absolute atomic E-state index is 11.0. The van der Waals surface area contributed by atoms with Gasteiger partial charge in [-0.1, -0.05) is 19.9 Å². The van der Waals surface area contributed by atoms with Crippen LogP contribution in [0.2, 0.25) is 0 Å². The summed E-state index contributed by atoms with van der Waals surface area (Å²) in [5, 5.41) is 81.6. The first-order chi connectivity index (χ1) is 17.6. The lowest BCUT2D eigenvalue weighted by atomic mass is 9.83. The van der Waals surface area contributed by atoms with Crippen LogP contribution in [0.5, 0.6) is 0 Å². The summed E-state index contributed by atoms with van der Waals surface area (Å²) in [5.41, 5.74) is 0. The molecule has 3 rings (SSSR count). The van der Waals surface area contributed by atoms with E-state index in [0.717, 1.165) is 0 Å². The maximum atomic E-state index is 11.0. The van der Waals surface area contributed by atoms with E-state index in [1.165, 1.54) is 6.08 Å². The minimum atomic E-state index is -1.78. The second kappa shape index (κ2) is 13.5. The topological polar surface area (TPSA) is 217 Å². The second-order valence-electron chi connectivity index (χ2n) is 9.67. The zero-order valence-corrected chi connectivity index (χ0v) is 20.8. The quantitative estimate of drug-likeness (QED) is 0.125. The maximum Gasteiger partial charge on any atom is 0.187 e. The van der Waals surface area contributed by atoms with Crippen LogP contribution in [0.4, 0.5) is 0 Å². The van der Waals surface area contributed by atoms with Gasteiger partial charge in [0.25, 0.3) is 0 Å². The molecule has 15 atom stereocenters. The molecule has 0 amide bonds. The number of aliphatic hydroxyl groups is 8. The van der Waals surface area contributed by atoms with Gasteiger partial charge < -0.3 is 69.3 Å². The number of aliphatic hydroxyl groups excluding tert-OH is 8. The molecule has 3 heterocycles. The summed E-state index contributed by atoms with van der Waals surface area (Å²) >= 11 is 0. The lowest BCUT2D eigenvalue weighted by Gasteiger charge is -2.49. The Morgan fingerprint density at radius 2 is 1.14 bits per heavy atom. The molecular weight excluding hydrogens is 500 g/mol. The summed E-state index contributed by atoms with van der Waals surface area (Å²) in [6.07, 6.45) is -16.7. The predicted molar refractivity (Wildman–Crippen MR) is 121 cm³/mol. The molecule has 0 aromatic heterocycles. The molecule has 0 spiro atoms. The molecule has 14 nitrogen and oxygen atoms in total. The first-order valence-electron chi connectivity index (χ1n) is 12.3. The highest BCUT2D eigenvalue weighted by Gasteiger charge is 2.53. The molecule has 0 aromatic carbocycles. The SMILES string of the molecule is C=CCOC1O[C@@H](CO)[C@@H](O)C(OC2O[C@@H](CO)[C@@H](C)[C@H](C)[C@@H]2O)C1OC1OC(CO)[C@H](O)[C@H](O)[C@H]1O. The van der Waals surface area contributed by atoms with Crippen molar-refractivity contribution in [3.8, 4) is 0 Å². The average molecular weight is 541 g/mol. The Labute approximate surface area is 214 Å². The molecule has 6 unspecified atom stereocenters. The van der Waals surface area contributed by atoms with Crippen molar-refractivity contribution in [2.24, 2.45) is 11.8 Å². The summed E-state index contributed by atoms with van der Waals surface area (Å²) < 4.78 is 34.3. The van der Waals surface area contributed by atoms with E-state index >= 15 is 0 Å². The molecule has 3 aliphatic heterocycles. The van der Waals surface area contributed by atoms with E-state index in [2.05, 4.69) is 6.58 Å². The Bertz CT molecular complexity index is 709. The number of ether oxygens (including phenoxy) is 6. The van der Waals surface area contributed by atoms with E-state index in [9.17, 15) is 40.9 Å². The molecule has 3 fully saturated rings. The van der Waals surface area contributed by atoms with Gasteiger partial charge in [0.2, 0.25) is 0 Å². The van der Waals surface area contributed by atoms with Gasteiger partial charge in [0.1, 0.15) is 54.9 Å². The molecule has 0 bridgehead atoms. The Hall–Kier alpha value is -0.820. The van der Waals surface area contributed by atoms with Crippen LogP contribution < -0.4 is 0 Å². The van der Waals surface area contributed by atoms with Crippen LogP contribution >= 0.6 is 0 Å². The van der Waals surface area contributed by atoms with Gasteiger partial charge in [-0.15, -0.1) is 6.58 Å². The first-order valence-corrected chi connectivity index (χ1v) is 12.3. The number of hydrogen-bond acceptors (Lipinski definition) is 14. The van der Waals surface area contributed by atoms with E-state index in [0.29, 0.717) is 0 Å². The Balaban J connectivity index is 1.91. The molecule has 0 radical (unpaired) electrons. The van der Waals surface area contributed by atoms with Crippen molar-refractivity contribution in [1.29, 1.82) is 0 Å². The number of hydrogen-bond donors (Lipinski definition) is 8. The molecule has 8 N–H and O–H groups in total. The Kier molecular flexibility index (Phi) is 11.2. The van der Waals surface area contributed by atoms with Crippen molar-refractivity contribution in [3.63, 3.8) is 0 Å². The fraction of sp³-hybridized carbons (Fsp3) is 0.913. The van der Waals surface area contributed by atoms with Crippen molar-refractivity contribution >= 4 is 0 Å². The van der Waals surface area contributed by atoms with Gasteiger partial charge in [0, 0.05) is 0 Å². The highest BCUT2D eigenvalue weighted by atomic mass is 16.8. The van der Waals surface area contributed by atoms with Crippen LogP contribution in [0, 0.1) is 11.8 Å². The fourth-order valence-corrected chi connectivity index (χ4v) is 4.72. The van der Waals surface area contributed by atoms with Crippen LogP contribution in [0.25, 0.3) is 0 Å². The molecule has 0 aliphatic carbocycles. The van der Waals surface area contributed by atoms with E-state index in [4.69, 9.17) is 28.4 Å². The third kappa shape index (κ3) is 6.50. The summed E-state index contributed by atoms with van der Waals surface area (Å²) in [7, 11) is 0. The van der Waals surface area contributed by atoms with Crippen LogP contribution in [0.15, 0.2) is 12.7 Å². The Morgan fingerprint density at radius 3 is 1.73 bits per heavy atom. The van der Waals surface area contributed by atoms with Gasteiger partial charge >= 0.3 is 0 Å². The van der Waals surface area contributed by atoms with Crippen molar-refractivity contribution in [1.82, 2.24) is 0 Å². The van der Waals surface area contributed by atoms with Gasteiger partial charge in [0.05, 0.1) is 32.5 Å². The standard InChI is InChI=1S/C23H40O14/c1-4-5-32-23-20(37-22-18(31)17(30)15(28)12(7-25)34-22)19(16(29)13(8-26)35-23)36-21-14(27)10(3)9(2)11(6-24)33-21/h4,9-31H,1,5-8H2,2-3H3/t9-,10-,11-,12?,13-,14-,15-,16+,17-,18+,19?,20?,21?,22?,23?/m0/s1. The van der Waals surface area contributed by atoms with Crippen LogP contribution in [-0.4, -0.2) is 147 Å². The van der Waals surface area contributed by atoms with E-state index < -0.39 is 93.1 Å². The Morgan fingerprint density at radius 1 is 0.622 bits per heavy atom. The first kappa shape index (κ1) is 30.7. The normalized spacial score (nSPS) is 49.1. The lowest BCUT2D eigenvalue weighted by Crippen LogP contribution is -2.66. The minimum Gasteiger partial charge on any atom is -0.394 e. The summed E-state index contributed by atoms with van der Waals surface area (Å²) in [4.78, 5) is 0. The molecule has 14 heteroatoms. The van der Waals surface area contributed by atoms with Crippen LogP contribution in [0.3, 0.4) is 0 Å². The molecule has 3 aliphatic rings. The average Bonchev–Trinajstić information content (AvgIpc) is 2.90. The third-order valence-corrected chi connectivity index (χ3v) is 7.33. The highest BCUT2D eigenvalue weighted by molar-refractivity contribution is 4.96. The van der Waals surface area contributed by atoms with E-state index in [1.807, 2.05) is 0 Å². The molecule has 0 aromatic rings. The molecular formula is C23H40O14. The largest absolute Gasteiger partial charge is 0.394 e. The van der Waals surface area contributed by atoms with Crippen LogP contribution in [0.1, 0.15) is 13.8 Å². The van der Waals surface area contributed by atoms with Crippen molar-refractivity contribution in [3.05, 3.63) is 12.7 Å². The summed E-state index contributed by atoms with van der Waals surface area (Å²) in [5.74, 6) is -0.575. The molecule has 3 saturated heterocycles. The summed E-state index contributed by atoms with van der Waals surface area (Å²) in [6, 6.07) is 0. The molecule has 37 heavy (non-hydrogen) atoms. The van der Waals surface area contributed by atoms with Crippen molar-refractivity contribution < 1.29 is 69.3 Å². The minimum absolute atomic E-state index is 0.0517. The van der Waals surface area contributed by atoms with Gasteiger partial charge in [-0.05, 0) is 11.8 Å². The van der Waals surface area contributed by atoms with Gasteiger partial charge in [0.15, 0.2) is 18.9 Å². The monoisotopic (exact) mass is 540 g/mol. The number of rotatable bonds is 10. The van der Waals surface area contributed by atoms with Gasteiger partial charge in [-0.25, -0.2) is 0 Å².